The minimum Gasteiger partial charge on any atom is -0.316 e. The van der Waals surface area contributed by atoms with Crippen LogP contribution < -0.4 is 5.32 Å². The Morgan fingerprint density at radius 3 is 2.92 bits per heavy atom. The Morgan fingerprint density at radius 1 is 1.50 bits per heavy atom. The van der Waals surface area contributed by atoms with Crippen molar-refractivity contribution >= 4 is 23.7 Å². The lowest BCUT2D eigenvalue weighted by atomic mass is 10.2. The van der Waals surface area contributed by atoms with Gasteiger partial charge in [-0.1, -0.05) is 12.2 Å². The molecule has 12 heavy (non-hydrogen) atoms. The van der Waals surface area contributed by atoms with Crippen LogP contribution in [0.4, 0.5) is 0 Å². The molecule has 0 amide bonds. The lowest BCUT2D eigenvalue weighted by Gasteiger charge is -1.89. The Balaban J connectivity index is 2.67. The van der Waals surface area contributed by atoms with Gasteiger partial charge in [-0.15, -0.1) is 0 Å². The number of carbonyl (C=O) groups is 1. The summed E-state index contributed by atoms with van der Waals surface area (Å²) in [5, 5.41) is 6.82. The van der Waals surface area contributed by atoms with Crippen molar-refractivity contribution in [3.63, 3.8) is 0 Å². The van der Waals surface area contributed by atoms with Gasteiger partial charge in [0.25, 0.3) is 0 Å². The molecule has 1 N–H and O–H groups in total. The molecule has 0 bridgehead atoms. The summed E-state index contributed by atoms with van der Waals surface area (Å²) < 4.78 is 0. The fraction of sp³-hybridized carbons (Fsp3) is 0.222. The second-order valence-electron chi connectivity index (χ2n) is 2.36. The Hall–Kier alpha value is -0.930. The van der Waals surface area contributed by atoms with Crippen molar-refractivity contribution in [2.24, 2.45) is 0 Å². The van der Waals surface area contributed by atoms with Gasteiger partial charge in [0.1, 0.15) is 0 Å². The molecular weight excluding hydrogens is 170 g/mol. The predicted octanol–water partition coefficient (Wildman–Crippen LogP) is 1.79. The topological polar surface area (TPSA) is 29.1 Å². The highest BCUT2D eigenvalue weighted by Crippen LogP contribution is 2.14. The molecule has 1 heterocycles. The van der Waals surface area contributed by atoms with Gasteiger partial charge in [-0.25, -0.2) is 0 Å². The highest BCUT2D eigenvalue weighted by atomic mass is 32.1. The fourth-order valence-electron chi connectivity index (χ4n) is 0.852. The summed E-state index contributed by atoms with van der Waals surface area (Å²) in [6.45, 7) is 0.828. The molecule has 1 aromatic heterocycles. The number of hydrogen-bond donors (Lipinski definition) is 1. The van der Waals surface area contributed by atoms with E-state index < -0.39 is 0 Å². The average Bonchev–Trinajstić information content (AvgIpc) is 2.52. The third kappa shape index (κ3) is 2.29. The second-order valence-corrected chi connectivity index (χ2v) is 3.10. The lowest BCUT2D eigenvalue weighted by molar-refractivity contribution is 0.112. The number of rotatable bonds is 4. The van der Waals surface area contributed by atoms with Crippen LogP contribution in [0, 0.1) is 0 Å². The molecule has 0 unspecified atom stereocenters. The fourth-order valence-corrected chi connectivity index (χ4v) is 1.62. The number of likely N-dealkylation sites (N-methyl/N-ethyl adjacent to an activating group) is 1. The van der Waals surface area contributed by atoms with Crippen molar-refractivity contribution in [2.45, 2.75) is 0 Å². The highest BCUT2D eigenvalue weighted by Gasteiger charge is 1.96. The molecule has 3 heteroatoms. The van der Waals surface area contributed by atoms with Crippen molar-refractivity contribution < 1.29 is 4.79 Å². The van der Waals surface area contributed by atoms with Crippen LogP contribution >= 0.6 is 11.3 Å². The number of aldehydes is 1. The van der Waals surface area contributed by atoms with Crippen LogP contribution in [0.15, 0.2) is 16.8 Å². The molecule has 0 saturated heterocycles. The zero-order valence-corrected chi connectivity index (χ0v) is 7.73. The summed E-state index contributed by atoms with van der Waals surface area (Å²) in [5.41, 5.74) is 1.78. The number of carbonyl (C=O) groups excluding carboxylic acids is 1. The molecule has 0 saturated carbocycles. The van der Waals surface area contributed by atoms with E-state index in [9.17, 15) is 4.79 Å². The van der Waals surface area contributed by atoms with Gasteiger partial charge < -0.3 is 5.32 Å². The summed E-state index contributed by atoms with van der Waals surface area (Å²) in [7, 11) is 1.89. The molecule has 0 aromatic carbocycles. The van der Waals surface area contributed by atoms with Crippen molar-refractivity contribution in [3.8, 4) is 0 Å². The van der Waals surface area contributed by atoms with Gasteiger partial charge in [0.05, 0.1) is 0 Å². The second kappa shape index (κ2) is 4.85. The maximum atomic E-state index is 10.5. The standard InChI is InChI=1S/C9H11NOS/c1-10-4-2-3-8-6-12-7-9(8)5-11/h2-3,5-7,10H,4H2,1H3. The van der Waals surface area contributed by atoms with Crippen molar-refractivity contribution in [2.75, 3.05) is 13.6 Å². The third-order valence-electron chi connectivity index (χ3n) is 1.47. The normalized spacial score (nSPS) is 10.8. The van der Waals surface area contributed by atoms with Gasteiger partial charge in [-0.2, -0.15) is 11.3 Å². The SMILES string of the molecule is CNCC=Cc1cscc1C=O. The first-order valence-corrected chi connectivity index (χ1v) is 4.65. The van der Waals surface area contributed by atoms with E-state index in [0.717, 1.165) is 24.0 Å². The quantitative estimate of drug-likeness (QED) is 0.717. The van der Waals surface area contributed by atoms with E-state index in [0.29, 0.717) is 0 Å². The number of nitrogens with one attached hydrogen (secondary N) is 1. The van der Waals surface area contributed by atoms with E-state index in [1.165, 1.54) is 0 Å². The molecule has 0 atom stereocenters. The molecule has 0 spiro atoms. The average molecular weight is 181 g/mol. The van der Waals surface area contributed by atoms with E-state index in [1.54, 1.807) is 11.3 Å². The Bertz CT molecular complexity index is 278. The first-order valence-electron chi connectivity index (χ1n) is 3.71. The summed E-state index contributed by atoms with van der Waals surface area (Å²) in [6.07, 6.45) is 4.83. The molecule has 0 radical (unpaired) electrons. The Morgan fingerprint density at radius 2 is 2.25 bits per heavy atom. The van der Waals surface area contributed by atoms with Crippen molar-refractivity contribution in [3.05, 3.63) is 28.0 Å². The summed E-state index contributed by atoms with van der Waals surface area (Å²) in [6, 6.07) is 0. The first-order chi connectivity index (χ1) is 5.88. The molecule has 0 aliphatic carbocycles. The van der Waals surface area contributed by atoms with Gasteiger partial charge in [-0.05, 0) is 18.0 Å². The van der Waals surface area contributed by atoms with Crippen LogP contribution in [0.5, 0.6) is 0 Å². The maximum absolute atomic E-state index is 10.5. The van der Waals surface area contributed by atoms with Crippen LogP contribution in [0.1, 0.15) is 15.9 Å². The van der Waals surface area contributed by atoms with Crippen LogP contribution in [-0.4, -0.2) is 19.9 Å². The molecule has 0 aliphatic heterocycles. The molecule has 1 rings (SSSR count). The zero-order chi connectivity index (χ0) is 8.81. The van der Waals surface area contributed by atoms with Crippen molar-refractivity contribution in [1.29, 1.82) is 0 Å². The molecule has 1 aromatic rings. The van der Waals surface area contributed by atoms with Crippen molar-refractivity contribution in [1.82, 2.24) is 5.32 Å². The third-order valence-corrected chi connectivity index (χ3v) is 2.25. The summed E-state index contributed by atoms with van der Waals surface area (Å²) in [5.74, 6) is 0. The van der Waals surface area contributed by atoms with Gasteiger partial charge in [0.2, 0.25) is 0 Å². The summed E-state index contributed by atoms with van der Waals surface area (Å²) >= 11 is 1.55. The predicted molar refractivity (Wildman–Crippen MR) is 52.7 cm³/mol. The number of thiophene rings is 1. The minimum atomic E-state index is 0.771. The summed E-state index contributed by atoms with van der Waals surface area (Å²) in [4.78, 5) is 10.5. The van der Waals surface area contributed by atoms with Gasteiger partial charge in [0.15, 0.2) is 6.29 Å². The Kier molecular flexibility index (Phi) is 3.70. The van der Waals surface area contributed by atoms with E-state index in [-0.39, 0.29) is 0 Å². The van der Waals surface area contributed by atoms with Gasteiger partial charge in [0, 0.05) is 17.5 Å². The van der Waals surface area contributed by atoms with Gasteiger partial charge in [-0.3, -0.25) is 4.79 Å². The molecule has 2 nitrogen and oxygen atoms in total. The molecule has 64 valence electrons. The highest BCUT2D eigenvalue weighted by molar-refractivity contribution is 7.08. The zero-order valence-electron chi connectivity index (χ0n) is 6.91. The van der Waals surface area contributed by atoms with Crippen LogP contribution in [0.25, 0.3) is 6.08 Å². The smallest absolute Gasteiger partial charge is 0.151 e. The van der Waals surface area contributed by atoms with Crippen LogP contribution in [0.2, 0.25) is 0 Å². The minimum absolute atomic E-state index is 0.771. The van der Waals surface area contributed by atoms with Crippen LogP contribution in [-0.2, 0) is 0 Å². The van der Waals surface area contributed by atoms with E-state index in [1.807, 2.05) is 30.0 Å². The number of hydrogen-bond acceptors (Lipinski definition) is 3. The lowest BCUT2D eigenvalue weighted by Crippen LogP contribution is -2.03. The monoisotopic (exact) mass is 181 g/mol. The first kappa shape index (κ1) is 9.16. The van der Waals surface area contributed by atoms with E-state index in [2.05, 4.69) is 5.32 Å². The molecule has 0 aliphatic rings. The molecule has 0 fully saturated rings. The van der Waals surface area contributed by atoms with E-state index in [4.69, 9.17) is 0 Å². The van der Waals surface area contributed by atoms with E-state index >= 15 is 0 Å². The Labute approximate surface area is 75.9 Å². The maximum Gasteiger partial charge on any atom is 0.151 e. The molecular formula is C9H11NOS. The largest absolute Gasteiger partial charge is 0.316 e. The van der Waals surface area contributed by atoms with Crippen LogP contribution in [0.3, 0.4) is 0 Å². The van der Waals surface area contributed by atoms with Gasteiger partial charge >= 0.3 is 0 Å².